The molecule has 9 heteroatoms. The third-order valence-corrected chi connectivity index (χ3v) is 5.17. The van der Waals surface area contributed by atoms with Gasteiger partial charge >= 0.3 is 0 Å². The fraction of sp³-hybridized carbons (Fsp3) is 0.133. The molecule has 0 spiro atoms. The molecule has 0 bridgehead atoms. The minimum Gasteiger partial charge on any atom is -0.322 e. The summed E-state index contributed by atoms with van der Waals surface area (Å²) >= 11 is 6.38. The number of hydrogen-bond donors (Lipinski definition) is 1. The second-order valence-electron chi connectivity index (χ2n) is 4.92. The number of amides is 1. The van der Waals surface area contributed by atoms with E-state index in [1.54, 1.807) is 30.3 Å². The van der Waals surface area contributed by atoms with Gasteiger partial charge in [-0.3, -0.25) is 9.10 Å². The highest BCUT2D eigenvalue weighted by Crippen LogP contribution is 2.22. The number of hydrogen-bond acceptors (Lipinski definition) is 3. The van der Waals surface area contributed by atoms with Gasteiger partial charge in [0.2, 0.25) is 15.9 Å². The number of nitrogens with zero attached hydrogens (tertiary/aromatic N) is 1. The Kier molecular flexibility index (Phi) is 6.00. The van der Waals surface area contributed by atoms with Gasteiger partial charge in [0, 0.05) is 8.95 Å². The summed E-state index contributed by atoms with van der Waals surface area (Å²) in [5.41, 5.74) is 0.319. The third kappa shape index (κ3) is 5.02. The fourth-order valence-electron chi connectivity index (χ4n) is 1.92. The Morgan fingerprint density at radius 2 is 1.71 bits per heavy atom. The Morgan fingerprint density at radius 3 is 2.25 bits per heavy atom. The molecule has 0 unspecified atom stereocenters. The predicted molar refractivity (Wildman–Crippen MR) is 99.1 cm³/mol. The van der Waals surface area contributed by atoms with E-state index >= 15 is 0 Å². The van der Waals surface area contributed by atoms with Gasteiger partial charge in [-0.2, -0.15) is 0 Å². The van der Waals surface area contributed by atoms with Crippen LogP contribution < -0.4 is 9.62 Å². The minimum atomic E-state index is -3.68. The predicted octanol–water partition coefficient (Wildman–Crippen LogP) is 3.76. The van der Waals surface area contributed by atoms with Crippen molar-refractivity contribution in [1.29, 1.82) is 0 Å². The maximum atomic E-state index is 13.8. The average molecular weight is 480 g/mol. The van der Waals surface area contributed by atoms with Crippen molar-refractivity contribution in [1.82, 2.24) is 0 Å². The molecule has 0 aliphatic heterocycles. The van der Waals surface area contributed by atoms with Gasteiger partial charge in [-0.25, -0.2) is 12.8 Å². The lowest BCUT2D eigenvalue weighted by atomic mass is 10.3. The van der Waals surface area contributed by atoms with Crippen molar-refractivity contribution in [3.05, 3.63) is 57.2 Å². The van der Waals surface area contributed by atoms with Crippen molar-refractivity contribution >= 4 is 59.2 Å². The maximum Gasteiger partial charge on any atom is 0.245 e. The smallest absolute Gasteiger partial charge is 0.245 e. The Balaban J connectivity index is 2.20. The molecule has 2 aromatic rings. The van der Waals surface area contributed by atoms with Crippen molar-refractivity contribution < 1.29 is 17.6 Å². The van der Waals surface area contributed by atoms with Crippen molar-refractivity contribution in [2.45, 2.75) is 0 Å². The number of halogens is 3. The minimum absolute atomic E-state index is 0.0209. The zero-order valence-corrected chi connectivity index (χ0v) is 16.5. The Labute approximate surface area is 156 Å². The highest BCUT2D eigenvalue weighted by atomic mass is 79.9. The van der Waals surface area contributed by atoms with Crippen LogP contribution in [-0.4, -0.2) is 27.1 Å². The first kappa shape index (κ1) is 18.9. The zero-order valence-electron chi connectivity index (χ0n) is 12.5. The van der Waals surface area contributed by atoms with Crippen LogP contribution in [0.3, 0.4) is 0 Å². The van der Waals surface area contributed by atoms with Gasteiger partial charge in [0.15, 0.2) is 0 Å². The van der Waals surface area contributed by atoms with Gasteiger partial charge in [-0.05, 0) is 42.5 Å². The van der Waals surface area contributed by atoms with E-state index in [9.17, 15) is 17.6 Å². The lowest BCUT2D eigenvalue weighted by molar-refractivity contribution is -0.114. The molecule has 0 saturated heterocycles. The van der Waals surface area contributed by atoms with E-state index < -0.39 is 28.3 Å². The first-order valence-corrected chi connectivity index (χ1v) is 10.1. The summed E-state index contributed by atoms with van der Waals surface area (Å²) in [6.45, 7) is -0.462. The SMILES string of the molecule is CS(=O)(=O)N(CC(=O)Nc1ccc(Br)cc1F)c1ccc(Br)cc1. The van der Waals surface area contributed by atoms with Crippen molar-refractivity contribution in [3.63, 3.8) is 0 Å². The van der Waals surface area contributed by atoms with Crippen LogP contribution in [-0.2, 0) is 14.8 Å². The highest BCUT2D eigenvalue weighted by molar-refractivity contribution is 9.10. The topological polar surface area (TPSA) is 66.5 Å². The van der Waals surface area contributed by atoms with E-state index in [1.807, 2.05) is 0 Å². The first-order valence-electron chi connectivity index (χ1n) is 6.65. The van der Waals surface area contributed by atoms with Crippen LogP contribution in [0.15, 0.2) is 51.4 Å². The monoisotopic (exact) mass is 478 g/mol. The molecule has 0 aromatic heterocycles. The lowest BCUT2D eigenvalue weighted by Crippen LogP contribution is -2.37. The van der Waals surface area contributed by atoms with E-state index in [-0.39, 0.29) is 5.69 Å². The summed E-state index contributed by atoms with van der Waals surface area (Å²) in [7, 11) is -3.68. The fourth-order valence-corrected chi connectivity index (χ4v) is 3.37. The maximum absolute atomic E-state index is 13.8. The molecular formula is C15H13Br2FN2O3S. The van der Waals surface area contributed by atoms with Gasteiger partial charge in [-0.15, -0.1) is 0 Å². The second-order valence-corrected chi connectivity index (χ2v) is 8.66. The molecule has 2 aromatic carbocycles. The number of carbonyl (C=O) groups excluding carboxylic acids is 1. The van der Waals surface area contributed by atoms with Crippen LogP contribution in [0.25, 0.3) is 0 Å². The van der Waals surface area contributed by atoms with Crippen molar-refractivity contribution in [3.8, 4) is 0 Å². The molecule has 24 heavy (non-hydrogen) atoms. The molecular weight excluding hydrogens is 467 g/mol. The summed E-state index contributed by atoms with van der Waals surface area (Å²) in [4.78, 5) is 12.1. The van der Waals surface area contributed by atoms with Crippen LogP contribution in [0.2, 0.25) is 0 Å². The molecule has 0 atom stereocenters. The normalized spacial score (nSPS) is 11.2. The first-order chi connectivity index (χ1) is 11.2. The van der Waals surface area contributed by atoms with Crippen LogP contribution in [0, 0.1) is 5.82 Å². The highest BCUT2D eigenvalue weighted by Gasteiger charge is 2.21. The van der Waals surface area contributed by atoms with E-state index in [0.29, 0.717) is 10.2 Å². The van der Waals surface area contributed by atoms with Crippen LogP contribution >= 0.6 is 31.9 Å². The van der Waals surface area contributed by atoms with E-state index in [1.165, 1.54) is 12.1 Å². The molecule has 0 radical (unpaired) electrons. The standard InChI is InChI=1S/C15H13Br2FN2O3S/c1-24(22,23)20(12-5-2-10(16)3-6-12)9-15(21)19-14-7-4-11(17)8-13(14)18/h2-8H,9H2,1H3,(H,19,21). The largest absolute Gasteiger partial charge is 0.322 e. The molecule has 5 nitrogen and oxygen atoms in total. The molecule has 0 saturated carbocycles. The molecule has 0 fully saturated rings. The molecule has 0 aliphatic carbocycles. The van der Waals surface area contributed by atoms with E-state index in [2.05, 4.69) is 37.2 Å². The number of carbonyl (C=O) groups is 1. The Hall–Kier alpha value is -1.45. The summed E-state index contributed by atoms with van der Waals surface area (Å²) in [5, 5.41) is 2.37. The molecule has 0 heterocycles. The lowest BCUT2D eigenvalue weighted by Gasteiger charge is -2.22. The van der Waals surface area contributed by atoms with Crippen LogP contribution in [0.4, 0.5) is 15.8 Å². The quantitative estimate of drug-likeness (QED) is 0.710. The van der Waals surface area contributed by atoms with Gasteiger partial charge in [0.25, 0.3) is 0 Å². The molecule has 128 valence electrons. The van der Waals surface area contributed by atoms with Gasteiger partial charge in [-0.1, -0.05) is 31.9 Å². The van der Waals surface area contributed by atoms with Gasteiger partial charge in [0.1, 0.15) is 12.4 Å². The van der Waals surface area contributed by atoms with Crippen molar-refractivity contribution in [2.24, 2.45) is 0 Å². The van der Waals surface area contributed by atoms with Gasteiger partial charge in [0.05, 0.1) is 17.6 Å². The number of nitrogens with one attached hydrogen (secondary N) is 1. The Morgan fingerprint density at radius 1 is 1.12 bits per heavy atom. The Bertz CT molecular complexity index is 858. The summed E-state index contributed by atoms with van der Waals surface area (Å²) in [5.74, 6) is -1.27. The van der Waals surface area contributed by atoms with Gasteiger partial charge < -0.3 is 5.32 Å². The van der Waals surface area contributed by atoms with Crippen LogP contribution in [0.1, 0.15) is 0 Å². The number of rotatable bonds is 5. The number of benzene rings is 2. The van der Waals surface area contributed by atoms with E-state index in [4.69, 9.17) is 0 Å². The molecule has 1 N–H and O–H groups in total. The zero-order chi connectivity index (χ0) is 17.9. The molecule has 1 amide bonds. The summed E-state index contributed by atoms with van der Waals surface area (Å²) in [6, 6.07) is 10.6. The van der Waals surface area contributed by atoms with Crippen LogP contribution in [0.5, 0.6) is 0 Å². The molecule has 2 rings (SSSR count). The number of anilines is 2. The van der Waals surface area contributed by atoms with Crippen molar-refractivity contribution in [2.75, 3.05) is 22.4 Å². The summed E-state index contributed by atoms with van der Waals surface area (Å²) < 4.78 is 40.0. The second kappa shape index (κ2) is 7.62. The number of sulfonamides is 1. The average Bonchev–Trinajstić information content (AvgIpc) is 2.48. The molecule has 0 aliphatic rings. The third-order valence-electron chi connectivity index (χ3n) is 3.01. The van der Waals surface area contributed by atoms with E-state index in [0.717, 1.165) is 15.0 Å². The summed E-state index contributed by atoms with van der Waals surface area (Å²) in [6.07, 6.45) is 1.00.